The van der Waals surface area contributed by atoms with E-state index in [1.807, 2.05) is 6.92 Å². The van der Waals surface area contributed by atoms with Gasteiger partial charge in [-0.3, -0.25) is 0 Å². The van der Waals surface area contributed by atoms with Crippen LogP contribution in [0.25, 0.3) is 0 Å². The number of hydrogen-bond acceptors (Lipinski definition) is 2. The maximum absolute atomic E-state index is 11.2. The van der Waals surface area contributed by atoms with Crippen molar-refractivity contribution >= 4 is 0 Å². The molecule has 3 atom stereocenters. The molecule has 0 bridgehead atoms. The molecule has 12 heavy (non-hydrogen) atoms. The van der Waals surface area contributed by atoms with E-state index < -0.39 is 6.29 Å². The second kappa shape index (κ2) is 2.98. The Bertz CT molecular complexity index is 174. The topological polar surface area (TPSA) is 41.2 Å². The molecular weight excluding hydrogens is 154 g/mol. The van der Waals surface area contributed by atoms with Gasteiger partial charge in [-0.2, -0.15) is 0 Å². The van der Waals surface area contributed by atoms with Gasteiger partial charge in [0.1, 0.15) is 0 Å². The van der Waals surface area contributed by atoms with Crippen LogP contribution in [0.3, 0.4) is 0 Å². The van der Waals surface area contributed by atoms with E-state index in [-0.39, 0.29) is 5.60 Å². The Morgan fingerprint density at radius 2 is 2.50 bits per heavy atom. The van der Waals surface area contributed by atoms with Crippen molar-refractivity contribution < 1.29 is 9.84 Å². The molecule has 1 heterocycles. The van der Waals surface area contributed by atoms with Gasteiger partial charge in [0.2, 0.25) is 0 Å². The van der Waals surface area contributed by atoms with E-state index >= 15 is 0 Å². The Labute approximate surface area is 73.1 Å². The third-order valence-corrected chi connectivity index (χ3v) is 3.13. The maximum Gasteiger partial charge on any atom is 0.191 e. The number of fused-ring (bicyclic) bond motifs is 1. The lowest BCUT2D eigenvalue weighted by atomic mass is 9.75. The fourth-order valence-electron chi connectivity index (χ4n) is 2.20. The van der Waals surface area contributed by atoms with Gasteiger partial charge < -0.3 is 10.1 Å². The predicted molar refractivity (Wildman–Crippen MR) is 44.2 cm³/mol. The molecule has 2 aliphatic rings. The van der Waals surface area contributed by atoms with Crippen molar-refractivity contribution in [2.45, 2.75) is 50.5 Å². The van der Waals surface area contributed by atoms with Crippen molar-refractivity contribution in [2.24, 2.45) is 0 Å². The minimum atomic E-state index is -0.812. The van der Waals surface area contributed by atoms with Crippen molar-refractivity contribution in [1.82, 2.24) is 5.32 Å². The Hall–Kier alpha value is -0.120. The van der Waals surface area contributed by atoms with Crippen LogP contribution in [0.4, 0.5) is 0 Å². The molecule has 1 aliphatic carbocycles. The normalized spacial score (nSPS) is 42.0. The van der Waals surface area contributed by atoms with E-state index in [1.165, 1.54) is 6.42 Å². The van der Waals surface area contributed by atoms with E-state index in [0.29, 0.717) is 12.5 Å². The molecule has 2 fully saturated rings. The van der Waals surface area contributed by atoms with Crippen LogP contribution in [0.2, 0.25) is 0 Å². The molecular formula is C9H16NO2. The third-order valence-electron chi connectivity index (χ3n) is 3.13. The summed E-state index contributed by atoms with van der Waals surface area (Å²) in [6, 6.07) is 0.473. The Morgan fingerprint density at radius 1 is 1.67 bits per heavy atom. The van der Waals surface area contributed by atoms with Crippen LogP contribution in [-0.4, -0.2) is 24.5 Å². The quantitative estimate of drug-likeness (QED) is 0.643. The molecule has 0 amide bonds. The average Bonchev–Trinajstić information content (AvgIpc) is 2.31. The monoisotopic (exact) mass is 170 g/mol. The third kappa shape index (κ3) is 1.16. The van der Waals surface area contributed by atoms with E-state index in [2.05, 4.69) is 5.32 Å². The smallest absolute Gasteiger partial charge is 0.191 e. The Balaban J connectivity index is 1.93. The van der Waals surface area contributed by atoms with E-state index in [0.717, 1.165) is 19.4 Å². The first-order valence-electron chi connectivity index (χ1n) is 4.84. The lowest BCUT2D eigenvalue weighted by molar-refractivity contribution is -0.238. The molecule has 1 aliphatic heterocycles. The molecule has 2 rings (SSSR count). The van der Waals surface area contributed by atoms with Gasteiger partial charge in [0.05, 0.1) is 5.60 Å². The maximum atomic E-state index is 11.2. The number of nitrogens with one attached hydrogen (secondary N) is 1. The summed E-state index contributed by atoms with van der Waals surface area (Å²) in [5.41, 5.74) is -0.0670. The van der Waals surface area contributed by atoms with E-state index in [9.17, 15) is 5.11 Å². The molecule has 0 aromatic rings. The largest absolute Gasteiger partial charge is 0.341 e. The molecule has 0 aromatic heterocycles. The van der Waals surface area contributed by atoms with Gasteiger partial charge in [-0.05, 0) is 32.2 Å². The van der Waals surface area contributed by atoms with Crippen molar-refractivity contribution in [3.05, 3.63) is 0 Å². The fraction of sp³-hybridized carbons (Fsp3) is 1.00. The summed E-state index contributed by atoms with van der Waals surface area (Å²) >= 11 is 0. The zero-order valence-electron chi connectivity index (χ0n) is 7.51. The molecule has 1 saturated carbocycles. The predicted octanol–water partition coefficient (Wildman–Crippen LogP) is 1.06. The second-order valence-electron chi connectivity index (χ2n) is 3.82. The van der Waals surface area contributed by atoms with Crippen molar-refractivity contribution in [3.63, 3.8) is 0 Å². The zero-order chi connectivity index (χ0) is 8.60. The minimum absolute atomic E-state index is 0.0670. The lowest BCUT2D eigenvalue weighted by Gasteiger charge is -2.44. The fourth-order valence-corrected chi connectivity index (χ4v) is 2.20. The first-order valence-corrected chi connectivity index (χ1v) is 4.84. The highest BCUT2D eigenvalue weighted by atomic mass is 16.6. The van der Waals surface area contributed by atoms with Gasteiger partial charge in [0, 0.05) is 6.04 Å². The molecule has 0 aromatic carbocycles. The lowest BCUT2D eigenvalue weighted by Crippen LogP contribution is -2.55. The summed E-state index contributed by atoms with van der Waals surface area (Å²) in [4.78, 5) is 0. The first kappa shape index (κ1) is 8.48. The van der Waals surface area contributed by atoms with Gasteiger partial charge >= 0.3 is 0 Å². The summed E-state index contributed by atoms with van der Waals surface area (Å²) in [7, 11) is 0. The van der Waals surface area contributed by atoms with Crippen LogP contribution in [0.15, 0.2) is 0 Å². The molecule has 3 heteroatoms. The number of ether oxygens (including phenoxy) is 1. The van der Waals surface area contributed by atoms with Crippen LogP contribution in [0, 0.1) is 0 Å². The average molecular weight is 170 g/mol. The highest BCUT2D eigenvalue weighted by Crippen LogP contribution is 2.43. The van der Waals surface area contributed by atoms with Gasteiger partial charge in [-0.15, -0.1) is 0 Å². The van der Waals surface area contributed by atoms with Crippen LogP contribution in [-0.2, 0) is 9.84 Å². The molecule has 1 radical (unpaired) electrons. The SMILES string of the molecule is CCC([O])OC12CCNC1CC2. The van der Waals surface area contributed by atoms with Crippen LogP contribution in [0.1, 0.15) is 32.6 Å². The molecule has 0 spiro atoms. The molecule has 3 unspecified atom stereocenters. The van der Waals surface area contributed by atoms with Crippen molar-refractivity contribution in [2.75, 3.05) is 6.54 Å². The number of rotatable bonds is 3. The Kier molecular flexibility index (Phi) is 2.10. The second-order valence-corrected chi connectivity index (χ2v) is 3.82. The van der Waals surface area contributed by atoms with E-state index in [1.54, 1.807) is 0 Å². The molecule has 3 nitrogen and oxygen atoms in total. The zero-order valence-corrected chi connectivity index (χ0v) is 7.51. The minimum Gasteiger partial charge on any atom is -0.341 e. The molecule has 69 valence electrons. The van der Waals surface area contributed by atoms with Gasteiger partial charge in [-0.25, -0.2) is 5.11 Å². The summed E-state index contributed by atoms with van der Waals surface area (Å²) < 4.78 is 5.53. The van der Waals surface area contributed by atoms with Crippen molar-refractivity contribution in [1.29, 1.82) is 0 Å². The van der Waals surface area contributed by atoms with Crippen molar-refractivity contribution in [3.8, 4) is 0 Å². The Morgan fingerprint density at radius 3 is 3.00 bits per heavy atom. The summed E-state index contributed by atoms with van der Waals surface area (Å²) in [6.07, 6.45) is 3.04. The van der Waals surface area contributed by atoms with Crippen LogP contribution in [0.5, 0.6) is 0 Å². The summed E-state index contributed by atoms with van der Waals surface area (Å²) in [5, 5.41) is 14.5. The van der Waals surface area contributed by atoms with Gasteiger partial charge in [-0.1, -0.05) is 6.92 Å². The highest BCUT2D eigenvalue weighted by molar-refractivity contribution is 5.07. The van der Waals surface area contributed by atoms with E-state index in [4.69, 9.17) is 4.74 Å². The summed E-state index contributed by atoms with van der Waals surface area (Å²) in [5.74, 6) is 0. The van der Waals surface area contributed by atoms with Gasteiger partial charge in [0.25, 0.3) is 0 Å². The first-order chi connectivity index (χ1) is 5.77. The standard InChI is InChI=1S/C9H16NO2/c1-2-8(11)12-9-4-3-7(9)10-6-5-9/h7-8,10H,2-6H2,1H3. The number of hydrogen-bond donors (Lipinski definition) is 1. The van der Waals surface area contributed by atoms with Crippen LogP contribution < -0.4 is 5.32 Å². The van der Waals surface area contributed by atoms with Gasteiger partial charge in [0.15, 0.2) is 6.29 Å². The highest BCUT2D eigenvalue weighted by Gasteiger charge is 2.52. The van der Waals surface area contributed by atoms with Crippen LogP contribution >= 0.6 is 0 Å². The molecule has 1 saturated heterocycles. The molecule has 1 N–H and O–H groups in total. The summed E-state index contributed by atoms with van der Waals surface area (Å²) in [6.45, 7) is 2.89.